The van der Waals surface area contributed by atoms with Gasteiger partial charge in [-0.1, -0.05) is 11.2 Å². The zero-order valence-corrected chi connectivity index (χ0v) is 12.4. The molecule has 0 aliphatic rings. The molecule has 0 N–H and O–H groups in total. The van der Waals surface area contributed by atoms with Crippen LogP contribution in [0, 0.1) is 0 Å². The Bertz CT molecular complexity index is 366. The third-order valence-corrected chi connectivity index (χ3v) is 4.00. The van der Waals surface area contributed by atoms with E-state index in [4.69, 9.17) is 11.2 Å². The van der Waals surface area contributed by atoms with E-state index in [1.54, 1.807) is 0 Å². The van der Waals surface area contributed by atoms with Crippen LogP contribution < -0.4 is 0 Å². The summed E-state index contributed by atoms with van der Waals surface area (Å²) in [6, 6.07) is 0. The van der Waals surface area contributed by atoms with Gasteiger partial charge in [0.05, 0.1) is 0 Å². The van der Waals surface area contributed by atoms with Gasteiger partial charge in [-0.2, -0.15) is 43.9 Å². The SMILES string of the molecule is FC(F)(F)C(F)(F)CO[P+](=NPCl)OCC(F)(F)C(F)(F)F. The predicted octanol–water partition coefficient (Wildman–Crippen LogP) is 5.66. The van der Waals surface area contributed by atoms with Crippen LogP contribution in [0.15, 0.2) is 4.52 Å². The van der Waals surface area contributed by atoms with Crippen LogP contribution in [0.5, 0.6) is 0 Å². The van der Waals surface area contributed by atoms with Crippen LogP contribution in [0.25, 0.3) is 0 Å². The average Bonchev–Trinajstić information content (AvgIpc) is 2.30. The van der Waals surface area contributed by atoms with Gasteiger partial charge in [-0.25, -0.2) is 0 Å². The Kier molecular flexibility index (Phi) is 7.75. The normalized spacial score (nSPS) is 14.7. The second kappa shape index (κ2) is 7.74. The molecule has 0 saturated carbocycles. The third-order valence-electron chi connectivity index (χ3n) is 1.66. The van der Waals surface area contributed by atoms with E-state index in [0.717, 1.165) is 0 Å². The van der Waals surface area contributed by atoms with Crippen molar-refractivity contribution in [3.63, 3.8) is 0 Å². The van der Waals surface area contributed by atoms with E-state index in [1.165, 1.54) is 0 Å². The molecule has 0 aliphatic heterocycles. The largest absolute Gasteiger partial charge is 0.564 e. The molecule has 16 heteroatoms. The molecular weight excluding hydrogens is 405 g/mol. The topological polar surface area (TPSA) is 30.8 Å². The second-order valence-electron chi connectivity index (χ2n) is 3.37. The van der Waals surface area contributed by atoms with E-state index >= 15 is 0 Å². The predicted molar refractivity (Wildman–Crippen MR) is 57.4 cm³/mol. The summed E-state index contributed by atoms with van der Waals surface area (Å²) in [6.07, 6.45) is -12.0. The molecule has 0 aromatic rings. The molecule has 0 heterocycles. The van der Waals surface area contributed by atoms with Gasteiger partial charge in [-0.3, -0.25) is 0 Å². The van der Waals surface area contributed by atoms with Gasteiger partial charge in [-0.15, -0.1) is 9.05 Å². The summed E-state index contributed by atoms with van der Waals surface area (Å²) in [7, 11) is -4.32. The van der Waals surface area contributed by atoms with Crippen LogP contribution in [0.1, 0.15) is 0 Å². The first-order chi connectivity index (χ1) is 9.64. The zero-order chi connectivity index (χ0) is 17.8. The fraction of sp³-hybridized carbons (Fsp3) is 1.00. The lowest BCUT2D eigenvalue weighted by atomic mass is 10.3. The highest BCUT2D eigenvalue weighted by Gasteiger charge is 2.61. The van der Waals surface area contributed by atoms with Crippen LogP contribution in [-0.2, 0) is 9.05 Å². The lowest BCUT2D eigenvalue weighted by Gasteiger charge is -2.17. The maximum atomic E-state index is 12.5. The highest BCUT2D eigenvalue weighted by Crippen LogP contribution is 2.44. The van der Waals surface area contributed by atoms with Crippen molar-refractivity contribution in [1.82, 2.24) is 0 Å². The smallest absolute Gasteiger partial charge is 0.193 e. The Labute approximate surface area is 123 Å². The molecule has 0 bridgehead atoms. The molecule has 3 nitrogen and oxygen atoms in total. The molecule has 0 spiro atoms. The van der Waals surface area contributed by atoms with Crippen molar-refractivity contribution in [2.24, 2.45) is 4.52 Å². The minimum Gasteiger partial charge on any atom is -0.193 e. The van der Waals surface area contributed by atoms with Gasteiger partial charge >= 0.3 is 32.4 Å². The van der Waals surface area contributed by atoms with Gasteiger partial charge in [0.25, 0.3) is 0 Å². The van der Waals surface area contributed by atoms with E-state index in [9.17, 15) is 43.9 Å². The molecule has 0 fully saturated rings. The highest BCUT2D eigenvalue weighted by atomic mass is 35.7. The maximum Gasteiger partial charge on any atom is 0.564 e. The molecular formula is C6H5ClF10NO2P2+. The van der Waals surface area contributed by atoms with Crippen molar-refractivity contribution in [3.05, 3.63) is 0 Å². The van der Waals surface area contributed by atoms with Gasteiger partial charge in [0, 0.05) is 0 Å². The molecule has 0 rings (SSSR count). The van der Waals surface area contributed by atoms with Gasteiger partial charge < -0.3 is 0 Å². The molecule has 1 unspecified atom stereocenters. The van der Waals surface area contributed by atoms with E-state index in [-0.39, 0.29) is 0 Å². The summed E-state index contributed by atoms with van der Waals surface area (Å²) in [6.45, 7) is -4.74. The van der Waals surface area contributed by atoms with E-state index in [0.29, 0.717) is 0 Å². The first kappa shape index (κ1) is 22.0. The quantitative estimate of drug-likeness (QED) is 0.401. The first-order valence-electron chi connectivity index (χ1n) is 4.65. The molecule has 0 aromatic heterocycles. The zero-order valence-electron chi connectivity index (χ0n) is 9.78. The molecule has 132 valence electrons. The Morgan fingerprint density at radius 3 is 1.32 bits per heavy atom. The molecule has 0 aliphatic carbocycles. The van der Waals surface area contributed by atoms with Crippen molar-refractivity contribution >= 4 is 27.5 Å². The first-order valence-corrected chi connectivity index (χ1v) is 7.74. The van der Waals surface area contributed by atoms with Gasteiger partial charge in [-0.05, 0) is 4.52 Å². The van der Waals surface area contributed by atoms with Gasteiger partial charge in [0.15, 0.2) is 21.3 Å². The summed E-state index contributed by atoms with van der Waals surface area (Å²) in [4.78, 5) is 0. The maximum absolute atomic E-state index is 12.5. The second-order valence-corrected chi connectivity index (χ2v) is 5.84. The number of hydrogen-bond donors (Lipinski definition) is 0. The fourth-order valence-corrected chi connectivity index (χ4v) is 2.45. The number of hydrogen-bond acceptors (Lipinski definition) is 3. The Morgan fingerprint density at radius 2 is 1.09 bits per heavy atom. The number of rotatable bonds is 7. The minimum absolute atomic E-state index is 1.08. The van der Waals surface area contributed by atoms with Crippen molar-refractivity contribution < 1.29 is 53.0 Å². The van der Waals surface area contributed by atoms with Crippen molar-refractivity contribution in [3.8, 4) is 0 Å². The lowest BCUT2D eigenvalue weighted by Crippen LogP contribution is -2.41. The molecule has 1 atom stereocenters. The molecule has 22 heavy (non-hydrogen) atoms. The van der Waals surface area contributed by atoms with Gasteiger partial charge in [0.2, 0.25) is 0 Å². The number of alkyl halides is 10. The van der Waals surface area contributed by atoms with Crippen molar-refractivity contribution in [1.29, 1.82) is 0 Å². The van der Waals surface area contributed by atoms with E-state index in [2.05, 4.69) is 13.6 Å². The minimum atomic E-state index is -6.01. The highest BCUT2D eigenvalue weighted by molar-refractivity contribution is 7.70. The van der Waals surface area contributed by atoms with Crippen molar-refractivity contribution in [2.45, 2.75) is 24.2 Å². The van der Waals surface area contributed by atoms with Crippen LogP contribution in [0.3, 0.4) is 0 Å². The molecule has 0 saturated heterocycles. The number of halogens is 11. The Hall–Kier alpha value is 0.0400. The van der Waals surface area contributed by atoms with E-state index < -0.39 is 53.7 Å². The fourth-order valence-electron chi connectivity index (χ4n) is 0.562. The summed E-state index contributed by atoms with van der Waals surface area (Å²) < 4.78 is 131. The number of nitrogens with zero attached hydrogens (tertiary/aromatic N) is 1. The van der Waals surface area contributed by atoms with Crippen LogP contribution in [0.4, 0.5) is 43.9 Å². The Morgan fingerprint density at radius 1 is 0.773 bits per heavy atom. The summed E-state index contributed by atoms with van der Waals surface area (Å²) in [5, 5.41) is 0. The Balaban J connectivity index is 4.76. The summed E-state index contributed by atoms with van der Waals surface area (Å²) in [5.41, 5.74) is 0. The van der Waals surface area contributed by atoms with E-state index in [1.807, 2.05) is 0 Å². The molecule has 0 radical (unpaired) electrons. The van der Waals surface area contributed by atoms with Crippen LogP contribution >= 0.6 is 27.5 Å². The summed E-state index contributed by atoms with van der Waals surface area (Å²) >= 11 is 4.97. The lowest BCUT2D eigenvalue weighted by molar-refractivity contribution is -0.293. The monoisotopic (exact) mass is 410 g/mol. The van der Waals surface area contributed by atoms with Crippen LogP contribution in [-0.4, -0.2) is 37.4 Å². The van der Waals surface area contributed by atoms with Crippen LogP contribution in [0.2, 0.25) is 0 Å². The summed E-state index contributed by atoms with van der Waals surface area (Å²) in [5.74, 6) is -10.7. The molecule has 0 amide bonds. The van der Waals surface area contributed by atoms with Crippen molar-refractivity contribution in [2.75, 3.05) is 13.2 Å². The molecule has 0 aromatic carbocycles. The average molecular weight is 410 g/mol. The van der Waals surface area contributed by atoms with Gasteiger partial charge in [0.1, 0.15) is 0 Å². The standard InChI is InChI=1S/C6H5ClF10NO2P2/c7-21-18-22(19-1-3(8,9)5(12,13)14)20-2-4(10,11)6(15,16)17/h21H,1-2H2/q+1. The third kappa shape index (κ3) is 6.66.